The molecule has 0 rings (SSSR count). The smallest absolute Gasteiger partial charge is 0.306 e. The predicted octanol–water partition coefficient (Wildman–Crippen LogP) is -2.96. The van der Waals surface area contributed by atoms with Crippen molar-refractivity contribution in [3.63, 3.8) is 0 Å². The first-order valence-electron chi connectivity index (χ1n) is 5.35. The summed E-state index contributed by atoms with van der Waals surface area (Å²) >= 11 is 0. The third-order valence-electron chi connectivity index (χ3n) is 2.20. The molecule has 9 nitrogen and oxygen atoms in total. The summed E-state index contributed by atoms with van der Waals surface area (Å²) in [6, 6.07) is 0. The zero-order valence-corrected chi connectivity index (χ0v) is 9.88. The second-order valence-electron chi connectivity index (χ2n) is 3.72. The molecule has 9 heteroatoms. The first-order valence-corrected chi connectivity index (χ1v) is 5.35. The van der Waals surface area contributed by atoms with E-state index in [2.05, 4.69) is 4.74 Å². The number of carboxylic acids is 1. The lowest BCUT2D eigenvalue weighted by atomic mass is 10.0. The second kappa shape index (κ2) is 8.53. The van der Waals surface area contributed by atoms with Gasteiger partial charge < -0.3 is 35.1 Å². The lowest BCUT2D eigenvalue weighted by molar-refractivity contribution is -0.174. The number of aliphatic hydroxyl groups excluding tert-OH is 4. The molecule has 0 unspecified atom stereocenters. The molecule has 0 saturated carbocycles. The fourth-order valence-corrected chi connectivity index (χ4v) is 1.17. The monoisotopic (exact) mass is 280 g/mol. The van der Waals surface area contributed by atoms with E-state index in [1.165, 1.54) is 0 Å². The predicted molar refractivity (Wildman–Crippen MR) is 57.9 cm³/mol. The van der Waals surface area contributed by atoms with Crippen molar-refractivity contribution in [1.82, 2.24) is 0 Å². The Morgan fingerprint density at radius 2 is 1.74 bits per heavy atom. The Morgan fingerprint density at radius 3 is 2.16 bits per heavy atom. The number of carbonyl (C=O) groups excluding carboxylic acids is 2. The highest BCUT2D eigenvalue weighted by atomic mass is 16.6. The number of rotatable bonds is 9. The fourth-order valence-electron chi connectivity index (χ4n) is 1.17. The van der Waals surface area contributed by atoms with Gasteiger partial charge in [0.2, 0.25) is 0 Å². The van der Waals surface area contributed by atoms with Gasteiger partial charge in [0.1, 0.15) is 18.3 Å². The molecule has 0 aliphatic heterocycles. The number of aliphatic carboxylic acids is 1. The molecule has 0 saturated heterocycles. The third-order valence-corrected chi connectivity index (χ3v) is 2.20. The van der Waals surface area contributed by atoms with E-state index in [4.69, 9.17) is 15.3 Å². The molecule has 0 fully saturated rings. The van der Waals surface area contributed by atoms with Gasteiger partial charge in [-0.25, -0.2) is 0 Å². The minimum Gasteiger partial charge on any atom is -0.481 e. The molecule has 0 aliphatic carbocycles. The van der Waals surface area contributed by atoms with Gasteiger partial charge in [-0.3, -0.25) is 9.59 Å². The number of esters is 1. The Hall–Kier alpha value is -1.55. The van der Waals surface area contributed by atoms with Crippen LogP contribution in [-0.4, -0.2) is 74.8 Å². The molecule has 4 atom stereocenters. The van der Waals surface area contributed by atoms with Crippen LogP contribution in [0.5, 0.6) is 0 Å². The van der Waals surface area contributed by atoms with Crippen LogP contribution in [0.1, 0.15) is 12.8 Å². The van der Waals surface area contributed by atoms with E-state index in [-0.39, 0.29) is 6.29 Å². The molecular formula is C10H16O9. The molecule has 110 valence electrons. The van der Waals surface area contributed by atoms with Crippen LogP contribution in [0, 0.1) is 0 Å². The van der Waals surface area contributed by atoms with E-state index in [0.29, 0.717) is 0 Å². The van der Waals surface area contributed by atoms with Gasteiger partial charge in [-0.1, -0.05) is 0 Å². The van der Waals surface area contributed by atoms with E-state index in [1.54, 1.807) is 0 Å². The Balaban J connectivity index is 4.63. The van der Waals surface area contributed by atoms with Crippen molar-refractivity contribution < 1.29 is 44.7 Å². The van der Waals surface area contributed by atoms with Crippen LogP contribution in [0.3, 0.4) is 0 Å². The number of hydrogen-bond donors (Lipinski definition) is 5. The Bertz CT molecular complexity index is 316. The molecule has 5 N–H and O–H groups in total. The van der Waals surface area contributed by atoms with Gasteiger partial charge in [0.05, 0.1) is 19.4 Å². The molecule has 0 aromatic heterocycles. The van der Waals surface area contributed by atoms with Crippen LogP contribution in [0.4, 0.5) is 0 Å². The van der Waals surface area contributed by atoms with Crippen molar-refractivity contribution in [3.8, 4) is 0 Å². The van der Waals surface area contributed by atoms with Crippen molar-refractivity contribution in [3.05, 3.63) is 0 Å². The number of carboxylic acid groups (broad SMARTS) is 1. The normalized spacial score (nSPS) is 17.1. The van der Waals surface area contributed by atoms with Gasteiger partial charge in [0.15, 0.2) is 12.4 Å². The highest BCUT2D eigenvalue weighted by Gasteiger charge is 2.34. The summed E-state index contributed by atoms with van der Waals surface area (Å²) < 4.78 is 4.53. The van der Waals surface area contributed by atoms with Crippen molar-refractivity contribution >= 4 is 18.2 Å². The van der Waals surface area contributed by atoms with Gasteiger partial charge in [-0.15, -0.1) is 0 Å². The van der Waals surface area contributed by atoms with Gasteiger partial charge in [-0.05, 0) is 0 Å². The maximum Gasteiger partial charge on any atom is 0.306 e. The number of hydrogen-bond acceptors (Lipinski definition) is 8. The molecule has 0 amide bonds. The Morgan fingerprint density at radius 1 is 1.16 bits per heavy atom. The van der Waals surface area contributed by atoms with Crippen molar-refractivity contribution in [2.24, 2.45) is 0 Å². The zero-order valence-electron chi connectivity index (χ0n) is 9.88. The van der Waals surface area contributed by atoms with Gasteiger partial charge in [0, 0.05) is 0 Å². The average molecular weight is 280 g/mol. The topological polar surface area (TPSA) is 162 Å². The number of ether oxygens (including phenoxy) is 1. The average Bonchev–Trinajstić information content (AvgIpc) is 2.39. The summed E-state index contributed by atoms with van der Waals surface area (Å²) in [5.41, 5.74) is 0. The summed E-state index contributed by atoms with van der Waals surface area (Å²) in [4.78, 5) is 31.9. The summed E-state index contributed by atoms with van der Waals surface area (Å²) in [7, 11) is 0. The molecule has 0 spiro atoms. The largest absolute Gasteiger partial charge is 0.481 e. The van der Waals surface area contributed by atoms with Gasteiger partial charge in [0.25, 0.3) is 0 Å². The summed E-state index contributed by atoms with van der Waals surface area (Å²) in [6.45, 7) is -0.879. The van der Waals surface area contributed by atoms with Crippen LogP contribution in [0.25, 0.3) is 0 Å². The first-order chi connectivity index (χ1) is 8.83. The lowest BCUT2D eigenvalue weighted by Gasteiger charge is -2.27. The van der Waals surface area contributed by atoms with Crippen molar-refractivity contribution in [2.45, 2.75) is 37.3 Å². The molecule has 0 aliphatic rings. The second-order valence-corrected chi connectivity index (χ2v) is 3.72. The standard InChI is InChI=1S/C10H16O9/c11-3-5(13)9(18)10(6(14)4-12)19-8(17)2-1-7(15)16/h4-6,9-11,13-14,18H,1-3H2,(H,15,16)/t5-,6+,9-,10-/m1/s1. The molecule has 0 aromatic rings. The van der Waals surface area contributed by atoms with Crippen LogP contribution in [0.15, 0.2) is 0 Å². The zero-order chi connectivity index (χ0) is 15.0. The Kier molecular flexibility index (Phi) is 7.84. The fraction of sp³-hybridized carbons (Fsp3) is 0.700. The molecule has 0 aromatic carbocycles. The number of aldehydes is 1. The Labute approximate surface area is 108 Å². The molecule has 0 bridgehead atoms. The summed E-state index contributed by atoms with van der Waals surface area (Å²) in [6.07, 6.45) is -8.40. The van der Waals surface area contributed by atoms with Crippen LogP contribution >= 0.6 is 0 Å². The highest BCUT2D eigenvalue weighted by molar-refractivity contribution is 5.76. The summed E-state index contributed by atoms with van der Waals surface area (Å²) in [5.74, 6) is -2.32. The van der Waals surface area contributed by atoms with Gasteiger partial charge >= 0.3 is 11.9 Å². The van der Waals surface area contributed by atoms with E-state index in [1.807, 2.05) is 0 Å². The van der Waals surface area contributed by atoms with Crippen LogP contribution < -0.4 is 0 Å². The third kappa shape index (κ3) is 6.25. The highest BCUT2D eigenvalue weighted by Crippen LogP contribution is 2.10. The lowest BCUT2D eigenvalue weighted by Crippen LogP contribution is -2.48. The van der Waals surface area contributed by atoms with Crippen molar-refractivity contribution in [2.75, 3.05) is 6.61 Å². The first kappa shape index (κ1) is 17.4. The molecule has 0 heterocycles. The maximum absolute atomic E-state index is 11.2. The molecule has 0 radical (unpaired) electrons. The van der Waals surface area contributed by atoms with Crippen LogP contribution in [0.2, 0.25) is 0 Å². The van der Waals surface area contributed by atoms with E-state index < -0.39 is 55.8 Å². The van der Waals surface area contributed by atoms with Gasteiger partial charge in [-0.2, -0.15) is 0 Å². The van der Waals surface area contributed by atoms with Crippen molar-refractivity contribution in [1.29, 1.82) is 0 Å². The van der Waals surface area contributed by atoms with Crippen LogP contribution in [-0.2, 0) is 19.1 Å². The van der Waals surface area contributed by atoms with E-state index in [0.717, 1.165) is 0 Å². The van der Waals surface area contributed by atoms with E-state index in [9.17, 15) is 24.6 Å². The van der Waals surface area contributed by atoms with E-state index >= 15 is 0 Å². The SMILES string of the molecule is O=C[C@H](O)[C@@H](OC(=O)CCC(=O)O)[C@H](O)[C@H](O)CO. The number of aliphatic hydroxyl groups is 4. The minimum atomic E-state index is -1.91. The quantitative estimate of drug-likeness (QED) is 0.219. The minimum absolute atomic E-state index is 0.0253. The number of carbonyl (C=O) groups is 3. The molecule has 19 heavy (non-hydrogen) atoms. The summed E-state index contributed by atoms with van der Waals surface area (Å²) in [5, 5.41) is 44.9. The molecular weight excluding hydrogens is 264 g/mol. The maximum atomic E-state index is 11.2.